The Labute approximate surface area is 117 Å². The van der Waals surface area contributed by atoms with Gasteiger partial charge in [0.2, 0.25) is 0 Å². The molecule has 0 radical (unpaired) electrons. The Morgan fingerprint density at radius 1 is 1.20 bits per heavy atom. The molecule has 0 atom stereocenters. The van der Waals surface area contributed by atoms with Crippen molar-refractivity contribution < 1.29 is 9.53 Å². The van der Waals surface area contributed by atoms with Crippen LogP contribution in [0, 0.1) is 6.92 Å². The number of benzene rings is 2. The van der Waals surface area contributed by atoms with Gasteiger partial charge in [0.05, 0.1) is 5.69 Å². The highest BCUT2D eigenvalue weighted by molar-refractivity contribution is 5.89. The lowest BCUT2D eigenvalue weighted by molar-refractivity contribution is -0.131. The summed E-state index contributed by atoms with van der Waals surface area (Å²) in [5.74, 6) is 0.0910. The first kappa shape index (κ1) is 13.8. The first-order chi connectivity index (χ1) is 9.54. The van der Waals surface area contributed by atoms with Crippen molar-refractivity contribution in [2.24, 2.45) is 4.99 Å². The van der Waals surface area contributed by atoms with E-state index in [9.17, 15) is 4.79 Å². The van der Waals surface area contributed by atoms with Crippen molar-refractivity contribution >= 4 is 23.6 Å². The van der Waals surface area contributed by atoms with Gasteiger partial charge in [-0.15, -0.1) is 0 Å². The van der Waals surface area contributed by atoms with Crippen LogP contribution in [0.5, 0.6) is 5.75 Å². The Morgan fingerprint density at radius 2 is 1.90 bits per heavy atom. The molecule has 0 aliphatic heterocycles. The van der Waals surface area contributed by atoms with E-state index in [0.29, 0.717) is 17.0 Å². The quantitative estimate of drug-likeness (QED) is 0.402. The Kier molecular flexibility index (Phi) is 4.15. The SMILES string of the molecule is CC(=O)Oc1ccc(N)c(C=Nc2ccc(C)cc2)c1. The molecular formula is C16H16N2O2. The number of hydrogen-bond donors (Lipinski definition) is 1. The summed E-state index contributed by atoms with van der Waals surface area (Å²) >= 11 is 0. The monoisotopic (exact) mass is 268 g/mol. The average molecular weight is 268 g/mol. The molecule has 0 aliphatic rings. The lowest BCUT2D eigenvalue weighted by atomic mass is 10.2. The minimum absolute atomic E-state index is 0.365. The molecule has 4 heteroatoms. The topological polar surface area (TPSA) is 64.7 Å². The second-order valence-electron chi connectivity index (χ2n) is 4.48. The number of carbonyl (C=O) groups is 1. The molecule has 4 nitrogen and oxygen atoms in total. The van der Waals surface area contributed by atoms with Crippen molar-refractivity contribution in [3.63, 3.8) is 0 Å². The molecule has 2 aromatic carbocycles. The fraction of sp³-hybridized carbons (Fsp3) is 0.125. The number of anilines is 1. The van der Waals surface area contributed by atoms with Crippen molar-refractivity contribution in [1.29, 1.82) is 0 Å². The highest BCUT2D eigenvalue weighted by Gasteiger charge is 2.02. The third kappa shape index (κ3) is 3.68. The Balaban J connectivity index is 2.23. The average Bonchev–Trinajstić information content (AvgIpc) is 2.40. The van der Waals surface area contributed by atoms with E-state index in [2.05, 4.69) is 4.99 Å². The molecule has 0 heterocycles. The van der Waals surface area contributed by atoms with Crippen molar-refractivity contribution in [3.05, 3.63) is 53.6 Å². The maximum Gasteiger partial charge on any atom is 0.308 e. The molecule has 2 rings (SSSR count). The number of aliphatic imine (C=N–C) groups is 1. The fourth-order valence-electron chi connectivity index (χ4n) is 1.67. The van der Waals surface area contributed by atoms with E-state index in [1.165, 1.54) is 12.5 Å². The minimum Gasteiger partial charge on any atom is -0.427 e. The van der Waals surface area contributed by atoms with Crippen LogP contribution in [0.15, 0.2) is 47.5 Å². The summed E-state index contributed by atoms with van der Waals surface area (Å²) in [5.41, 5.74) is 9.19. The van der Waals surface area contributed by atoms with Crippen LogP contribution in [0.3, 0.4) is 0 Å². The van der Waals surface area contributed by atoms with E-state index in [1.54, 1.807) is 24.4 Å². The van der Waals surface area contributed by atoms with Crippen LogP contribution >= 0.6 is 0 Å². The number of ether oxygens (including phenoxy) is 1. The highest BCUT2D eigenvalue weighted by atomic mass is 16.5. The smallest absolute Gasteiger partial charge is 0.308 e. The van der Waals surface area contributed by atoms with E-state index >= 15 is 0 Å². The molecule has 20 heavy (non-hydrogen) atoms. The molecule has 0 unspecified atom stereocenters. The van der Waals surface area contributed by atoms with Crippen molar-refractivity contribution in [1.82, 2.24) is 0 Å². The molecule has 2 N–H and O–H groups in total. The van der Waals surface area contributed by atoms with Crippen molar-refractivity contribution in [2.75, 3.05) is 5.73 Å². The Hall–Kier alpha value is -2.62. The molecule has 2 aromatic rings. The van der Waals surface area contributed by atoms with E-state index in [1.807, 2.05) is 31.2 Å². The van der Waals surface area contributed by atoms with Crippen LogP contribution in [0.1, 0.15) is 18.1 Å². The van der Waals surface area contributed by atoms with Crippen molar-refractivity contribution in [2.45, 2.75) is 13.8 Å². The maximum absolute atomic E-state index is 10.9. The lowest BCUT2D eigenvalue weighted by Crippen LogP contribution is -2.02. The van der Waals surface area contributed by atoms with E-state index in [4.69, 9.17) is 10.5 Å². The van der Waals surface area contributed by atoms with Gasteiger partial charge in [0.1, 0.15) is 5.75 Å². The van der Waals surface area contributed by atoms with Crippen LogP contribution in [0.25, 0.3) is 0 Å². The van der Waals surface area contributed by atoms with Gasteiger partial charge in [-0.3, -0.25) is 9.79 Å². The van der Waals surface area contributed by atoms with Gasteiger partial charge in [-0.1, -0.05) is 17.7 Å². The Bertz CT molecular complexity index is 646. The van der Waals surface area contributed by atoms with Crippen LogP contribution in [0.2, 0.25) is 0 Å². The van der Waals surface area contributed by atoms with Gasteiger partial charge in [0.15, 0.2) is 0 Å². The van der Waals surface area contributed by atoms with E-state index in [-0.39, 0.29) is 5.97 Å². The van der Waals surface area contributed by atoms with Gasteiger partial charge < -0.3 is 10.5 Å². The second-order valence-corrected chi connectivity index (χ2v) is 4.48. The van der Waals surface area contributed by atoms with Gasteiger partial charge >= 0.3 is 5.97 Å². The predicted octanol–water partition coefficient (Wildman–Crippen LogP) is 3.25. The highest BCUT2D eigenvalue weighted by Crippen LogP contribution is 2.20. The Morgan fingerprint density at radius 3 is 2.55 bits per heavy atom. The number of hydrogen-bond acceptors (Lipinski definition) is 4. The first-order valence-electron chi connectivity index (χ1n) is 6.23. The molecule has 0 fully saturated rings. The molecule has 0 amide bonds. The lowest BCUT2D eigenvalue weighted by Gasteiger charge is -2.04. The zero-order valence-corrected chi connectivity index (χ0v) is 11.5. The third-order valence-corrected chi connectivity index (χ3v) is 2.71. The molecule has 0 saturated heterocycles. The largest absolute Gasteiger partial charge is 0.427 e. The van der Waals surface area contributed by atoms with Gasteiger partial charge in [0.25, 0.3) is 0 Å². The van der Waals surface area contributed by atoms with Gasteiger partial charge in [-0.05, 0) is 37.3 Å². The number of aryl methyl sites for hydroxylation is 1. The molecule has 0 aliphatic carbocycles. The number of carbonyl (C=O) groups excluding carboxylic acids is 1. The van der Waals surface area contributed by atoms with Crippen LogP contribution < -0.4 is 10.5 Å². The summed E-state index contributed by atoms with van der Waals surface area (Å²) < 4.78 is 5.02. The summed E-state index contributed by atoms with van der Waals surface area (Å²) in [6.07, 6.45) is 1.66. The minimum atomic E-state index is -0.365. The zero-order chi connectivity index (χ0) is 14.5. The van der Waals surface area contributed by atoms with Crippen molar-refractivity contribution in [3.8, 4) is 5.75 Å². The third-order valence-electron chi connectivity index (χ3n) is 2.71. The van der Waals surface area contributed by atoms with Crippen LogP contribution in [-0.2, 0) is 4.79 Å². The standard InChI is InChI=1S/C16H16N2O2/c1-11-3-5-14(6-4-11)18-10-13-9-15(20-12(2)19)7-8-16(13)17/h3-10H,17H2,1-2H3. The summed E-state index contributed by atoms with van der Waals surface area (Å²) in [5, 5.41) is 0. The summed E-state index contributed by atoms with van der Waals surface area (Å²) in [7, 11) is 0. The fourth-order valence-corrected chi connectivity index (χ4v) is 1.67. The van der Waals surface area contributed by atoms with E-state index in [0.717, 1.165) is 5.69 Å². The van der Waals surface area contributed by atoms with Crippen LogP contribution in [-0.4, -0.2) is 12.2 Å². The van der Waals surface area contributed by atoms with Gasteiger partial charge in [-0.25, -0.2) is 0 Å². The zero-order valence-electron chi connectivity index (χ0n) is 11.5. The summed E-state index contributed by atoms with van der Waals surface area (Å²) in [6, 6.07) is 12.9. The maximum atomic E-state index is 10.9. The summed E-state index contributed by atoms with van der Waals surface area (Å²) in [4.78, 5) is 15.3. The van der Waals surface area contributed by atoms with Crippen LogP contribution in [0.4, 0.5) is 11.4 Å². The number of rotatable bonds is 3. The number of nitrogen functional groups attached to an aromatic ring is 1. The number of esters is 1. The number of nitrogens with two attached hydrogens (primary N) is 1. The molecule has 0 bridgehead atoms. The van der Waals surface area contributed by atoms with Gasteiger partial charge in [0, 0.05) is 24.4 Å². The first-order valence-corrected chi connectivity index (χ1v) is 6.23. The molecular weight excluding hydrogens is 252 g/mol. The normalized spacial score (nSPS) is 10.7. The second kappa shape index (κ2) is 6.02. The molecule has 0 saturated carbocycles. The molecule has 0 aromatic heterocycles. The molecule has 0 spiro atoms. The molecule has 102 valence electrons. The summed E-state index contributed by atoms with van der Waals surface area (Å²) in [6.45, 7) is 3.38. The van der Waals surface area contributed by atoms with E-state index < -0.39 is 0 Å². The number of nitrogens with zero attached hydrogens (tertiary/aromatic N) is 1. The predicted molar refractivity (Wildman–Crippen MR) is 80.6 cm³/mol. The van der Waals surface area contributed by atoms with Gasteiger partial charge in [-0.2, -0.15) is 0 Å².